The van der Waals surface area contributed by atoms with E-state index in [0.29, 0.717) is 5.75 Å². The van der Waals surface area contributed by atoms with E-state index in [1.165, 1.54) is 17.0 Å². The molecule has 0 aliphatic rings. The maximum Gasteiger partial charge on any atom is 0.261 e. The molecule has 1 atom stereocenters. The summed E-state index contributed by atoms with van der Waals surface area (Å²) >= 11 is 0. The number of benzene rings is 2. The first-order valence-corrected chi connectivity index (χ1v) is 9.60. The van der Waals surface area contributed by atoms with Crippen LogP contribution in [-0.2, 0) is 16.1 Å². The number of amides is 2. The molecule has 0 unspecified atom stereocenters. The number of carbonyl (C=O) groups is 2. The molecule has 1 N–H and O–H groups in total. The van der Waals surface area contributed by atoms with Gasteiger partial charge in [-0.15, -0.1) is 0 Å². The highest BCUT2D eigenvalue weighted by atomic mass is 19.1. The number of nitrogens with one attached hydrogen (secondary N) is 1. The summed E-state index contributed by atoms with van der Waals surface area (Å²) in [6, 6.07) is 12.6. The Bertz CT molecular complexity index is 844. The summed E-state index contributed by atoms with van der Waals surface area (Å²) < 4.78 is 18.9. The Kier molecular flexibility index (Phi) is 7.37. The SMILES string of the molecule is Cc1cccc(OCC(=O)N(Cc2ccc(F)cc2)[C@@H](C)C(=O)NC(C)(C)C)c1. The Balaban J connectivity index is 2.16. The minimum atomic E-state index is -0.715. The van der Waals surface area contributed by atoms with Crippen LogP contribution in [0.4, 0.5) is 4.39 Å². The molecule has 0 saturated heterocycles. The van der Waals surface area contributed by atoms with Crippen molar-refractivity contribution in [3.63, 3.8) is 0 Å². The molecule has 0 saturated carbocycles. The molecule has 0 aromatic heterocycles. The number of nitrogens with zero attached hydrogens (tertiary/aromatic N) is 1. The van der Waals surface area contributed by atoms with Crippen molar-refractivity contribution in [3.8, 4) is 5.75 Å². The standard InChI is InChI=1S/C23H29FN2O3/c1-16-7-6-8-20(13-16)29-15-21(27)26(14-18-9-11-19(24)12-10-18)17(2)22(28)25-23(3,4)5/h6-13,17H,14-15H2,1-5H3,(H,25,28)/t17-/m0/s1. The zero-order valence-electron chi connectivity index (χ0n) is 17.7. The molecule has 2 rings (SSSR count). The molecule has 156 valence electrons. The van der Waals surface area contributed by atoms with Gasteiger partial charge in [-0.3, -0.25) is 9.59 Å². The lowest BCUT2D eigenvalue weighted by molar-refractivity contribution is -0.142. The van der Waals surface area contributed by atoms with Gasteiger partial charge in [0.15, 0.2) is 6.61 Å². The fourth-order valence-electron chi connectivity index (χ4n) is 2.78. The number of hydrogen-bond donors (Lipinski definition) is 1. The molecule has 2 aromatic rings. The fourth-order valence-corrected chi connectivity index (χ4v) is 2.78. The minimum absolute atomic E-state index is 0.176. The lowest BCUT2D eigenvalue weighted by atomic mass is 10.1. The van der Waals surface area contributed by atoms with Gasteiger partial charge in [-0.25, -0.2) is 4.39 Å². The van der Waals surface area contributed by atoms with Gasteiger partial charge in [0.2, 0.25) is 5.91 Å². The number of halogens is 1. The van der Waals surface area contributed by atoms with E-state index in [9.17, 15) is 14.0 Å². The second-order valence-electron chi connectivity index (χ2n) is 8.17. The molecule has 0 aliphatic carbocycles. The van der Waals surface area contributed by atoms with Crippen molar-refractivity contribution in [2.45, 2.75) is 52.7 Å². The van der Waals surface area contributed by atoms with Gasteiger partial charge in [-0.05, 0) is 70.0 Å². The van der Waals surface area contributed by atoms with Crippen LogP contribution in [-0.4, -0.2) is 34.9 Å². The molecular weight excluding hydrogens is 371 g/mol. The molecule has 0 aliphatic heterocycles. The first-order chi connectivity index (χ1) is 13.5. The highest BCUT2D eigenvalue weighted by molar-refractivity contribution is 5.88. The average molecular weight is 400 g/mol. The molecule has 2 aromatic carbocycles. The van der Waals surface area contributed by atoms with Crippen molar-refractivity contribution < 1.29 is 18.7 Å². The summed E-state index contributed by atoms with van der Waals surface area (Å²) in [6.07, 6.45) is 0. The number of rotatable bonds is 7. The third kappa shape index (κ3) is 7.22. The highest BCUT2D eigenvalue weighted by Crippen LogP contribution is 2.15. The Morgan fingerprint density at radius 2 is 1.79 bits per heavy atom. The maximum absolute atomic E-state index is 13.2. The van der Waals surface area contributed by atoms with Gasteiger partial charge in [0.25, 0.3) is 5.91 Å². The van der Waals surface area contributed by atoms with Gasteiger partial charge < -0.3 is 15.0 Å². The zero-order chi connectivity index (χ0) is 21.6. The van der Waals surface area contributed by atoms with Crippen molar-refractivity contribution in [3.05, 3.63) is 65.5 Å². The lowest BCUT2D eigenvalue weighted by Gasteiger charge is -2.31. The molecule has 0 heterocycles. The molecule has 0 fully saturated rings. The lowest BCUT2D eigenvalue weighted by Crippen LogP contribution is -2.53. The molecule has 0 radical (unpaired) electrons. The quantitative estimate of drug-likeness (QED) is 0.768. The predicted molar refractivity (Wildman–Crippen MR) is 111 cm³/mol. The number of hydrogen-bond acceptors (Lipinski definition) is 3. The van der Waals surface area contributed by atoms with Gasteiger partial charge in [0.05, 0.1) is 0 Å². The van der Waals surface area contributed by atoms with Crippen LogP contribution in [0.2, 0.25) is 0 Å². The summed E-state index contributed by atoms with van der Waals surface area (Å²) in [7, 11) is 0. The number of carbonyl (C=O) groups excluding carboxylic acids is 2. The Morgan fingerprint density at radius 1 is 1.14 bits per heavy atom. The zero-order valence-corrected chi connectivity index (χ0v) is 17.7. The van der Waals surface area contributed by atoms with Crippen LogP contribution in [0, 0.1) is 12.7 Å². The smallest absolute Gasteiger partial charge is 0.261 e. The van der Waals surface area contributed by atoms with E-state index in [0.717, 1.165) is 11.1 Å². The fraction of sp³-hybridized carbons (Fsp3) is 0.391. The second kappa shape index (κ2) is 9.54. The van der Waals surface area contributed by atoms with Crippen LogP contribution in [0.3, 0.4) is 0 Å². The molecule has 5 nitrogen and oxygen atoms in total. The number of aryl methyl sites for hydroxylation is 1. The van der Waals surface area contributed by atoms with E-state index >= 15 is 0 Å². The third-order valence-electron chi connectivity index (χ3n) is 4.28. The Morgan fingerprint density at radius 3 is 2.38 bits per heavy atom. The van der Waals surface area contributed by atoms with Crippen LogP contribution >= 0.6 is 0 Å². The van der Waals surface area contributed by atoms with Crippen LogP contribution in [0.1, 0.15) is 38.8 Å². The van der Waals surface area contributed by atoms with Crippen LogP contribution in [0.25, 0.3) is 0 Å². The molecule has 2 amide bonds. The van der Waals surface area contributed by atoms with Crippen molar-refractivity contribution in [1.82, 2.24) is 10.2 Å². The average Bonchev–Trinajstić information content (AvgIpc) is 2.64. The first kappa shape index (κ1) is 22.4. The summed E-state index contributed by atoms with van der Waals surface area (Å²) in [5.41, 5.74) is 1.33. The third-order valence-corrected chi connectivity index (χ3v) is 4.28. The van der Waals surface area contributed by atoms with Gasteiger partial charge in [0, 0.05) is 12.1 Å². The van der Waals surface area contributed by atoms with Crippen molar-refractivity contribution in [1.29, 1.82) is 0 Å². The molecule has 29 heavy (non-hydrogen) atoms. The van der Waals surface area contributed by atoms with E-state index < -0.39 is 11.6 Å². The predicted octanol–water partition coefficient (Wildman–Crippen LogP) is 3.84. The summed E-state index contributed by atoms with van der Waals surface area (Å²) in [4.78, 5) is 27.0. The van der Waals surface area contributed by atoms with Gasteiger partial charge >= 0.3 is 0 Å². The van der Waals surface area contributed by atoms with Gasteiger partial charge in [-0.2, -0.15) is 0 Å². The maximum atomic E-state index is 13.2. The molecular formula is C23H29FN2O3. The van der Waals surface area contributed by atoms with Crippen LogP contribution in [0.15, 0.2) is 48.5 Å². The topological polar surface area (TPSA) is 58.6 Å². The minimum Gasteiger partial charge on any atom is -0.484 e. The van der Waals surface area contributed by atoms with Crippen molar-refractivity contribution >= 4 is 11.8 Å². The molecule has 6 heteroatoms. The summed E-state index contributed by atoms with van der Waals surface area (Å²) in [5.74, 6) is -0.351. The monoisotopic (exact) mass is 400 g/mol. The summed E-state index contributed by atoms with van der Waals surface area (Å²) in [6.45, 7) is 9.23. The largest absolute Gasteiger partial charge is 0.484 e. The van der Waals surface area contributed by atoms with Crippen molar-refractivity contribution in [2.75, 3.05) is 6.61 Å². The molecule has 0 bridgehead atoms. The van der Waals surface area contributed by atoms with E-state index in [4.69, 9.17) is 4.74 Å². The first-order valence-electron chi connectivity index (χ1n) is 9.60. The summed E-state index contributed by atoms with van der Waals surface area (Å²) in [5, 5.41) is 2.90. The Labute approximate surface area is 171 Å². The van der Waals surface area contributed by atoms with E-state index in [1.807, 2.05) is 45.9 Å². The van der Waals surface area contributed by atoms with E-state index in [-0.39, 0.29) is 30.8 Å². The Hall–Kier alpha value is -2.89. The normalized spacial score (nSPS) is 12.2. The van der Waals surface area contributed by atoms with Gasteiger partial charge in [-0.1, -0.05) is 24.3 Å². The van der Waals surface area contributed by atoms with Crippen LogP contribution in [0.5, 0.6) is 5.75 Å². The van der Waals surface area contributed by atoms with E-state index in [1.54, 1.807) is 25.1 Å². The van der Waals surface area contributed by atoms with Gasteiger partial charge in [0.1, 0.15) is 17.6 Å². The van der Waals surface area contributed by atoms with Crippen LogP contribution < -0.4 is 10.1 Å². The van der Waals surface area contributed by atoms with E-state index in [2.05, 4.69) is 5.32 Å². The second-order valence-corrected chi connectivity index (χ2v) is 8.17. The molecule has 0 spiro atoms. The number of ether oxygens (including phenoxy) is 1. The van der Waals surface area contributed by atoms with Crippen molar-refractivity contribution in [2.24, 2.45) is 0 Å². The highest BCUT2D eigenvalue weighted by Gasteiger charge is 2.28.